The summed E-state index contributed by atoms with van der Waals surface area (Å²) in [6, 6.07) is 0.715. The highest BCUT2D eigenvalue weighted by molar-refractivity contribution is 5.04. The van der Waals surface area contributed by atoms with Crippen LogP contribution in [0.5, 0.6) is 0 Å². The van der Waals surface area contributed by atoms with Gasteiger partial charge in [0.25, 0.3) is 0 Å². The first-order valence-corrected chi connectivity index (χ1v) is 7.66. The topological polar surface area (TPSA) is 38.5 Å². The highest BCUT2D eigenvalue weighted by atomic mass is 16.5. The van der Waals surface area contributed by atoms with E-state index in [1.165, 1.54) is 51.4 Å². The number of likely N-dealkylation sites (N-methyl/N-ethyl adjacent to an activating group) is 1. The summed E-state index contributed by atoms with van der Waals surface area (Å²) < 4.78 is 5.52. The molecule has 18 heavy (non-hydrogen) atoms. The second kappa shape index (κ2) is 6.36. The second-order valence-electron chi connectivity index (χ2n) is 6.27. The number of nitrogens with two attached hydrogens (primary N) is 1. The molecule has 0 aromatic heterocycles. The molecule has 2 fully saturated rings. The molecule has 1 atom stereocenters. The lowest BCUT2D eigenvalue weighted by Gasteiger charge is -2.45. The zero-order valence-electron chi connectivity index (χ0n) is 12.2. The normalized spacial score (nSPS) is 26.0. The van der Waals surface area contributed by atoms with Crippen molar-refractivity contribution in [1.29, 1.82) is 0 Å². The van der Waals surface area contributed by atoms with Gasteiger partial charge >= 0.3 is 0 Å². The number of methoxy groups -OCH3 is 1. The van der Waals surface area contributed by atoms with Crippen LogP contribution >= 0.6 is 0 Å². The Morgan fingerprint density at radius 1 is 1.11 bits per heavy atom. The standard InChI is InChI=1S/C15H30N2O/c1-17(14-7-5-3-4-6-8-14)15(11-16,12-18-2)13-9-10-13/h13-14H,3-12,16H2,1-2H3. The summed E-state index contributed by atoms with van der Waals surface area (Å²) in [5.41, 5.74) is 6.26. The fourth-order valence-corrected chi connectivity index (χ4v) is 3.76. The lowest BCUT2D eigenvalue weighted by Crippen LogP contribution is -2.60. The largest absolute Gasteiger partial charge is 0.383 e. The SMILES string of the molecule is COCC(CN)(C1CC1)N(C)C1CCCCCC1. The van der Waals surface area contributed by atoms with Gasteiger partial charge in [0.2, 0.25) is 0 Å². The Labute approximate surface area is 112 Å². The molecule has 2 saturated carbocycles. The number of rotatable bonds is 6. The quantitative estimate of drug-likeness (QED) is 0.740. The van der Waals surface area contributed by atoms with Gasteiger partial charge in [-0.25, -0.2) is 0 Å². The summed E-state index contributed by atoms with van der Waals surface area (Å²) >= 11 is 0. The van der Waals surface area contributed by atoms with E-state index in [1.807, 2.05) is 7.11 Å². The third-order valence-electron chi connectivity index (χ3n) is 5.16. The van der Waals surface area contributed by atoms with E-state index in [0.717, 1.165) is 19.1 Å². The fraction of sp³-hybridized carbons (Fsp3) is 1.00. The van der Waals surface area contributed by atoms with Crippen LogP contribution < -0.4 is 5.73 Å². The van der Waals surface area contributed by atoms with Gasteiger partial charge in [-0.2, -0.15) is 0 Å². The average Bonchev–Trinajstić information content (AvgIpc) is 3.20. The summed E-state index contributed by atoms with van der Waals surface area (Å²) in [7, 11) is 4.11. The van der Waals surface area contributed by atoms with Crippen LogP contribution in [0.15, 0.2) is 0 Å². The molecule has 2 aliphatic rings. The minimum atomic E-state index is 0.101. The predicted molar refractivity (Wildman–Crippen MR) is 75.6 cm³/mol. The maximum Gasteiger partial charge on any atom is 0.0661 e. The molecule has 0 aromatic carbocycles. The summed E-state index contributed by atoms with van der Waals surface area (Å²) in [5, 5.41) is 0. The fourth-order valence-electron chi connectivity index (χ4n) is 3.76. The molecule has 0 saturated heterocycles. The summed E-state index contributed by atoms with van der Waals surface area (Å²) in [6.45, 7) is 1.53. The van der Waals surface area contributed by atoms with Gasteiger partial charge in [0.05, 0.1) is 12.1 Å². The number of hydrogen-bond acceptors (Lipinski definition) is 3. The van der Waals surface area contributed by atoms with Gasteiger partial charge < -0.3 is 10.5 Å². The number of nitrogens with zero attached hydrogens (tertiary/aromatic N) is 1. The van der Waals surface area contributed by atoms with Gasteiger partial charge in [0.1, 0.15) is 0 Å². The van der Waals surface area contributed by atoms with Crippen LogP contribution in [0.4, 0.5) is 0 Å². The van der Waals surface area contributed by atoms with Crippen molar-refractivity contribution in [2.24, 2.45) is 11.7 Å². The number of hydrogen-bond donors (Lipinski definition) is 1. The molecule has 0 aromatic rings. The van der Waals surface area contributed by atoms with Crippen molar-refractivity contribution in [2.45, 2.75) is 62.9 Å². The minimum absolute atomic E-state index is 0.101. The summed E-state index contributed by atoms with van der Waals surface area (Å²) in [6.07, 6.45) is 10.9. The van der Waals surface area contributed by atoms with Crippen molar-refractivity contribution < 1.29 is 4.74 Å². The smallest absolute Gasteiger partial charge is 0.0661 e. The minimum Gasteiger partial charge on any atom is -0.383 e. The lowest BCUT2D eigenvalue weighted by molar-refractivity contribution is -0.0131. The molecule has 2 aliphatic carbocycles. The predicted octanol–water partition coefficient (Wildman–Crippen LogP) is 2.39. The van der Waals surface area contributed by atoms with E-state index >= 15 is 0 Å². The van der Waals surface area contributed by atoms with Crippen molar-refractivity contribution in [3.63, 3.8) is 0 Å². The zero-order valence-corrected chi connectivity index (χ0v) is 12.2. The third kappa shape index (κ3) is 2.89. The highest BCUT2D eigenvalue weighted by Crippen LogP contribution is 2.44. The van der Waals surface area contributed by atoms with Crippen LogP contribution in [0, 0.1) is 5.92 Å². The molecule has 0 aliphatic heterocycles. The van der Waals surface area contributed by atoms with E-state index in [1.54, 1.807) is 0 Å². The lowest BCUT2D eigenvalue weighted by atomic mass is 9.89. The Morgan fingerprint density at radius 3 is 2.17 bits per heavy atom. The monoisotopic (exact) mass is 254 g/mol. The molecular formula is C15H30N2O. The van der Waals surface area contributed by atoms with Gasteiger partial charge in [-0.15, -0.1) is 0 Å². The molecule has 2 rings (SSSR count). The van der Waals surface area contributed by atoms with Crippen molar-refractivity contribution in [3.8, 4) is 0 Å². The summed E-state index contributed by atoms with van der Waals surface area (Å²) in [4.78, 5) is 2.60. The molecule has 0 bridgehead atoms. The van der Waals surface area contributed by atoms with Crippen LogP contribution in [-0.4, -0.2) is 43.8 Å². The molecule has 106 valence electrons. The Morgan fingerprint density at radius 2 is 1.72 bits per heavy atom. The molecule has 2 N–H and O–H groups in total. The van der Waals surface area contributed by atoms with Crippen LogP contribution in [0.25, 0.3) is 0 Å². The van der Waals surface area contributed by atoms with Gasteiger partial charge in [-0.3, -0.25) is 4.90 Å². The summed E-state index contributed by atoms with van der Waals surface area (Å²) in [5.74, 6) is 0.760. The van der Waals surface area contributed by atoms with Gasteiger partial charge in [0, 0.05) is 19.7 Å². The first-order chi connectivity index (χ1) is 8.74. The Balaban J connectivity index is 2.07. The second-order valence-corrected chi connectivity index (χ2v) is 6.27. The van der Waals surface area contributed by atoms with Crippen LogP contribution in [0.1, 0.15) is 51.4 Å². The zero-order chi connectivity index (χ0) is 13.0. The molecule has 0 heterocycles. The first kappa shape index (κ1) is 14.3. The van der Waals surface area contributed by atoms with Crippen molar-refractivity contribution in [2.75, 3.05) is 27.3 Å². The number of ether oxygens (including phenoxy) is 1. The van der Waals surface area contributed by atoms with E-state index in [4.69, 9.17) is 10.5 Å². The third-order valence-corrected chi connectivity index (χ3v) is 5.16. The van der Waals surface area contributed by atoms with Crippen LogP contribution in [0.2, 0.25) is 0 Å². The van der Waals surface area contributed by atoms with E-state index in [-0.39, 0.29) is 5.54 Å². The van der Waals surface area contributed by atoms with Gasteiger partial charge in [0.15, 0.2) is 0 Å². The molecule has 0 amide bonds. The Bertz CT molecular complexity index is 247. The molecule has 0 radical (unpaired) electrons. The van der Waals surface area contributed by atoms with E-state index in [2.05, 4.69) is 11.9 Å². The molecule has 3 nitrogen and oxygen atoms in total. The van der Waals surface area contributed by atoms with Crippen molar-refractivity contribution in [1.82, 2.24) is 4.90 Å². The van der Waals surface area contributed by atoms with Gasteiger partial charge in [-0.05, 0) is 38.6 Å². The maximum atomic E-state index is 6.16. The van der Waals surface area contributed by atoms with E-state index in [0.29, 0.717) is 6.04 Å². The van der Waals surface area contributed by atoms with Crippen molar-refractivity contribution >= 4 is 0 Å². The average molecular weight is 254 g/mol. The maximum absolute atomic E-state index is 6.16. The Hall–Kier alpha value is -0.120. The highest BCUT2D eigenvalue weighted by Gasteiger charge is 2.48. The van der Waals surface area contributed by atoms with Crippen LogP contribution in [-0.2, 0) is 4.74 Å². The van der Waals surface area contributed by atoms with E-state index in [9.17, 15) is 0 Å². The van der Waals surface area contributed by atoms with Crippen molar-refractivity contribution in [3.05, 3.63) is 0 Å². The molecule has 0 spiro atoms. The van der Waals surface area contributed by atoms with Gasteiger partial charge in [-0.1, -0.05) is 25.7 Å². The molecule has 3 heteroatoms. The Kier molecular flexibility index (Phi) is 5.05. The van der Waals surface area contributed by atoms with Crippen LogP contribution in [0.3, 0.4) is 0 Å². The molecule has 1 unspecified atom stereocenters. The first-order valence-electron chi connectivity index (χ1n) is 7.66. The van der Waals surface area contributed by atoms with E-state index < -0.39 is 0 Å². The molecular weight excluding hydrogens is 224 g/mol.